The number of rotatable bonds is 6. The highest BCUT2D eigenvalue weighted by Gasteiger charge is 2.25. The van der Waals surface area contributed by atoms with Crippen LogP contribution in [0.2, 0.25) is 0 Å². The van der Waals surface area contributed by atoms with Crippen molar-refractivity contribution >= 4 is 5.91 Å². The molecule has 2 N–H and O–H groups in total. The van der Waals surface area contributed by atoms with Crippen LogP contribution >= 0.6 is 0 Å². The van der Waals surface area contributed by atoms with Gasteiger partial charge in [0, 0.05) is 13.0 Å². The van der Waals surface area contributed by atoms with Crippen molar-refractivity contribution < 1.29 is 9.90 Å². The molecule has 0 aromatic carbocycles. The summed E-state index contributed by atoms with van der Waals surface area (Å²) >= 11 is 0. The molecule has 18 heavy (non-hydrogen) atoms. The van der Waals surface area contributed by atoms with Crippen molar-refractivity contribution in [2.45, 2.75) is 66.9 Å². The molecule has 0 fully saturated rings. The first-order valence-corrected chi connectivity index (χ1v) is 6.93. The summed E-state index contributed by atoms with van der Waals surface area (Å²) in [5.41, 5.74) is -0.674. The van der Waals surface area contributed by atoms with E-state index in [9.17, 15) is 9.90 Å². The Kier molecular flexibility index (Phi) is 6.35. The Morgan fingerprint density at radius 1 is 1.17 bits per heavy atom. The summed E-state index contributed by atoms with van der Waals surface area (Å²) < 4.78 is 0. The van der Waals surface area contributed by atoms with Crippen molar-refractivity contribution in [3.8, 4) is 0 Å². The van der Waals surface area contributed by atoms with Crippen molar-refractivity contribution in [1.82, 2.24) is 5.32 Å². The zero-order valence-corrected chi connectivity index (χ0v) is 13.1. The van der Waals surface area contributed by atoms with Gasteiger partial charge in [0.05, 0.1) is 5.60 Å². The van der Waals surface area contributed by atoms with Gasteiger partial charge >= 0.3 is 0 Å². The van der Waals surface area contributed by atoms with Gasteiger partial charge in [0.25, 0.3) is 0 Å². The number of nitrogens with one attached hydrogen (secondary N) is 1. The van der Waals surface area contributed by atoms with Gasteiger partial charge in [-0.05, 0) is 30.6 Å². The molecule has 2 unspecified atom stereocenters. The molecule has 0 aliphatic heterocycles. The highest BCUT2D eigenvalue weighted by atomic mass is 16.3. The van der Waals surface area contributed by atoms with Gasteiger partial charge in [-0.15, -0.1) is 0 Å². The fourth-order valence-electron chi connectivity index (χ4n) is 1.90. The zero-order valence-electron chi connectivity index (χ0n) is 13.1. The van der Waals surface area contributed by atoms with Gasteiger partial charge < -0.3 is 10.4 Å². The van der Waals surface area contributed by atoms with Crippen LogP contribution in [0.25, 0.3) is 0 Å². The Morgan fingerprint density at radius 3 is 2.06 bits per heavy atom. The van der Waals surface area contributed by atoms with Gasteiger partial charge in [-0.25, -0.2) is 0 Å². The topological polar surface area (TPSA) is 49.3 Å². The molecule has 0 aliphatic carbocycles. The Morgan fingerprint density at radius 2 is 1.67 bits per heavy atom. The van der Waals surface area contributed by atoms with Crippen LogP contribution in [0.15, 0.2) is 0 Å². The molecule has 0 aromatic heterocycles. The molecular formula is C15H31NO2. The van der Waals surface area contributed by atoms with Crippen LogP contribution in [-0.2, 0) is 4.79 Å². The number of carbonyl (C=O) groups excluding carboxylic acids is 1. The normalized spacial score (nSPS) is 17.4. The molecular weight excluding hydrogens is 226 g/mol. The van der Waals surface area contributed by atoms with E-state index in [1.54, 1.807) is 6.92 Å². The average Bonchev–Trinajstić information content (AvgIpc) is 2.11. The van der Waals surface area contributed by atoms with Crippen LogP contribution in [0.5, 0.6) is 0 Å². The van der Waals surface area contributed by atoms with Crippen LogP contribution in [0.1, 0.15) is 61.3 Å². The van der Waals surface area contributed by atoms with E-state index in [1.165, 1.54) is 0 Å². The molecule has 108 valence electrons. The molecule has 3 heteroatoms. The van der Waals surface area contributed by atoms with E-state index in [1.807, 2.05) is 0 Å². The lowest BCUT2D eigenvalue weighted by molar-refractivity contribution is -0.124. The van der Waals surface area contributed by atoms with Gasteiger partial charge in [-0.3, -0.25) is 4.79 Å². The first-order valence-electron chi connectivity index (χ1n) is 6.93. The minimum atomic E-state index is -0.811. The number of aliphatic hydroxyl groups is 1. The molecule has 0 aliphatic rings. The summed E-state index contributed by atoms with van der Waals surface area (Å²) in [6, 6.07) is 0. The molecule has 3 nitrogen and oxygen atoms in total. The van der Waals surface area contributed by atoms with E-state index in [4.69, 9.17) is 0 Å². The van der Waals surface area contributed by atoms with Crippen LogP contribution < -0.4 is 5.32 Å². The Labute approximate surface area is 112 Å². The second kappa shape index (κ2) is 6.55. The van der Waals surface area contributed by atoms with Crippen LogP contribution in [0.3, 0.4) is 0 Å². The van der Waals surface area contributed by atoms with E-state index >= 15 is 0 Å². The van der Waals surface area contributed by atoms with Gasteiger partial charge in [0.1, 0.15) is 0 Å². The summed E-state index contributed by atoms with van der Waals surface area (Å²) in [5, 5.41) is 13.0. The smallest absolute Gasteiger partial charge is 0.220 e. The number of hydrogen-bond donors (Lipinski definition) is 2. The predicted octanol–water partition coefficient (Wildman–Crippen LogP) is 2.97. The molecule has 0 bridgehead atoms. The van der Waals surface area contributed by atoms with Gasteiger partial charge in [0.2, 0.25) is 5.91 Å². The first-order chi connectivity index (χ1) is 7.94. The highest BCUT2D eigenvalue weighted by Crippen LogP contribution is 2.27. The fourth-order valence-corrected chi connectivity index (χ4v) is 1.90. The second-order valence-electron chi connectivity index (χ2n) is 7.34. The maximum Gasteiger partial charge on any atom is 0.220 e. The van der Waals surface area contributed by atoms with Crippen LogP contribution in [-0.4, -0.2) is 23.2 Å². The summed E-state index contributed by atoms with van der Waals surface area (Å²) in [5.74, 6) is 0.777. The maximum atomic E-state index is 11.8. The Bertz CT molecular complexity index is 264. The Hall–Kier alpha value is -0.570. The first kappa shape index (κ1) is 17.4. The quantitative estimate of drug-likeness (QED) is 0.768. The third-order valence-corrected chi connectivity index (χ3v) is 3.48. The molecule has 0 saturated heterocycles. The Balaban J connectivity index is 4.12. The van der Waals surface area contributed by atoms with Crippen molar-refractivity contribution in [1.29, 1.82) is 0 Å². The summed E-state index contributed by atoms with van der Waals surface area (Å²) in [6.45, 7) is 14.8. The monoisotopic (exact) mass is 257 g/mol. The van der Waals surface area contributed by atoms with E-state index < -0.39 is 5.60 Å². The number of carbonyl (C=O) groups is 1. The van der Waals surface area contributed by atoms with Crippen molar-refractivity contribution in [2.75, 3.05) is 6.54 Å². The molecule has 1 amide bonds. The van der Waals surface area contributed by atoms with Crippen LogP contribution in [0.4, 0.5) is 0 Å². The SMILES string of the molecule is CC(C)CC(C)(O)CNC(=O)CC(C)C(C)(C)C. The van der Waals surface area contributed by atoms with Crippen molar-refractivity contribution in [3.05, 3.63) is 0 Å². The van der Waals surface area contributed by atoms with Gasteiger partial charge in [0.15, 0.2) is 0 Å². The largest absolute Gasteiger partial charge is 0.388 e. The summed E-state index contributed by atoms with van der Waals surface area (Å²) in [6.07, 6.45) is 1.21. The molecule has 0 aromatic rings. The van der Waals surface area contributed by atoms with Gasteiger partial charge in [-0.2, -0.15) is 0 Å². The predicted molar refractivity (Wildman–Crippen MR) is 76.3 cm³/mol. The average molecular weight is 257 g/mol. The minimum absolute atomic E-state index is 0.0291. The van der Waals surface area contributed by atoms with E-state index in [2.05, 4.69) is 46.9 Å². The third-order valence-electron chi connectivity index (χ3n) is 3.48. The van der Waals surface area contributed by atoms with E-state index in [0.29, 0.717) is 31.2 Å². The molecule has 0 rings (SSSR count). The lowest BCUT2D eigenvalue weighted by Crippen LogP contribution is -2.42. The highest BCUT2D eigenvalue weighted by molar-refractivity contribution is 5.76. The molecule has 0 spiro atoms. The minimum Gasteiger partial charge on any atom is -0.388 e. The molecule has 0 heterocycles. The summed E-state index contributed by atoms with van der Waals surface area (Å²) in [4.78, 5) is 11.8. The third kappa shape index (κ3) is 7.70. The zero-order chi connectivity index (χ0) is 14.6. The second-order valence-corrected chi connectivity index (χ2v) is 7.34. The lowest BCUT2D eigenvalue weighted by Gasteiger charge is -2.28. The fraction of sp³-hybridized carbons (Fsp3) is 0.933. The van der Waals surface area contributed by atoms with E-state index in [0.717, 1.165) is 0 Å². The maximum absolute atomic E-state index is 11.8. The van der Waals surface area contributed by atoms with Crippen molar-refractivity contribution in [2.24, 2.45) is 17.3 Å². The van der Waals surface area contributed by atoms with E-state index in [-0.39, 0.29) is 11.3 Å². The standard InChI is InChI=1S/C15H31NO2/c1-11(2)9-15(7,18)10-16-13(17)8-12(3)14(4,5)6/h11-12,18H,8-10H2,1-7H3,(H,16,17). The number of hydrogen-bond acceptors (Lipinski definition) is 2. The van der Waals surface area contributed by atoms with Crippen molar-refractivity contribution in [3.63, 3.8) is 0 Å². The van der Waals surface area contributed by atoms with Gasteiger partial charge in [-0.1, -0.05) is 41.5 Å². The molecule has 0 radical (unpaired) electrons. The van der Waals surface area contributed by atoms with Crippen LogP contribution in [0, 0.1) is 17.3 Å². The lowest BCUT2D eigenvalue weighted by atomic mass is 9.80. The molecule has 0 saturated carbocycles. The number of amides is 1. The molecule has 2 atom stereocenters. The summed E-state index contributed by atoms with van der Waals surface area (Å²) in [7, 11) is 0.